The highest BCUT2D eigenvalue weighted by molar-refractivity contribution is 5.27. The quantitative estimate of drug-likeness (QED) is 0.907. The molecule has 0 bridgehead atoms. The third kappa shape index (κ3) is 2.59. The molecular weight excluding hydrogens is 236 g/mol. The number of hydrogen-bond donors (Lipinski definition) is 1. The molecule has 1 aromatic carbocycles. The standard InChI is InChI=1S/C14H15F2NO/c1-8-5-12(9(2)18-8)14(17)7-10-6-11(15)3-4-13(10)16/h3-6,14H,7,17H2,1-2H3. The molecule has 1 unspecified atom stereocenters. The Morgan fingerprint density at radius 2 is 1.94 bits per heavy atom. The SMILES string of the molecule is Cc1cc(C(N)Cc2cc(F)ccc2F)c(C)o1. The lowest BCUT2D eigenvalue weighted by Crippen LogP contribution is -2.14. The zero-order chi connectivity index (χ0) is 13.3. The Bertz CT molecular complexity index is 563. The number of hydrogen-bond acceptors (Lipinski definition) is 2. The summed E-state index contributed by atoms with van der Waals surface area (Å²) in [5.41, 5.74) is 7.12. The summed E-state index contributed by atoms with van der Waals surface area (Å²) in [4.78, 5) is 0. The molecule has 0 aliphatic rings. The van der Waals surface area contributed by atoms with Crippen LogP contribution in [0.1, 0.15) is 28.7 Å². The van der Waals surface area contributed by atoms with E-state index in [0.29, 0.717) is 0 Å². The van der Waals surface area contributed by atoms with Gasteiger partial charge in [0.05, 0.1) is 0 Å². The summed E-state index contributed by atoms with van der Waals surface area (Å²) in [5, 5.41) is 0. The Balaban J connectivity index is 2.23. The van der Waals surface area contributed by atoms with Gasteiger partial charge in [-0.05, 0) is 50.1 Å². The predicted molar refractivity (Wildman–Crippen MR) is 65.2 cm³/mol. The Hall–Kier alpha value is -1.68. The molecule has 18 heavy (non-hydrogen) atoms. The summed E-state index contributed by atoms with van der Waals surface area (Å²) < 4.78 is 31.9. The largest absolute Gasteiger partial charge is 0.466 e. The van der Waals surface area contributed by atoms with Crippen molar-refractivity contribution < 1.29 is 13.2 Å². The second-order valence-electron chi connectivity index (χ2n) is 4.41. The van der Waals surface area contributed by atoms with Gasteiger partial charge < -0.3 is 10.2 Å². The molecule has 2 rings (SSSR count). The topological polar surface area (TPSA) is 39.2 Å². The van der Waals surface area contributed by atoms with Gasteiger partial charge in [0.15, 0.2) is 0 Å². The van der Waals surface area contributed by atoms with Crippen molar-refractivity contribution in [3.63, 3.8) is 0 Å². The molecule has 0 fully saturated rings. The van der Waals surface area contributed by atoms with Crippen LogP contribution in [0, 0.1) is 25.5 Å². The van der Waals surface area contributed by atoms with Crippen LogP contribution >= 0.6 is 0 Å². The van der Waals surface area contributed by atoms with Crippen molar-refractivity contribution in [1.29, 1.82) is 0 Å². The first-order valence-corrected chi connectivity index (χ1v) is 5.74. The smallest absolute Gasteiger partial charge is 0.126 e. The zero-order valence-electron chi connectivity index (χ0n) is 10.3. The summed E-state index contributed by atoms with van der Waals surface area (Å²) in [6, 6.07) is 4.82. The van der Waals surface area contributed by atoms with E-state index in [0.717, 1.165) is 29.2 Å². The summed E-state index contributed by atoms with van der Waals surface area (Å²) in [6.07, 6.45) is 0.239. The fourth-order valence-corrected chi connectivity index (χ4v) is 2.07. The molecule has 0 spiro atoms. The van der Waals surface area contributed by atoms with Gasteiger partial charge >= 0.3 is 0 Å². The van der Waals surface area contributed by atoms with Crippen LogP contribution in [0.3, 0.4) is 0 Å². The number of aryl methyl sites for hydroxylation is 2. The van der Waals surface area contributed by atoms with Crippen molar-refractivity contribution in [3.05, 3.63) is 58.5 Å². The minimum Gasteiger partial charge on any atom is -0.466 e. The minimum atomic E-state index is -0.460. The van der Waals surface area contributed by atoms with Gasteiger partial charge in [-0.25, -0.2) is 8.78 Å². The number of nitrogens with two attached hydrogens (primary N) is 1. The lowest BCUT2D eigenvalue weighted by molar-refractivity contribution is 0.496. The Labute approximate surface area is 104 Å². The van der Waals surface area contributed by atoms with Gasteiger partial charge in [0.25, 0.3) is 0 Å². The molecule has 1 heterocycles. The van der Waals surface area contributed by atoms with E-state index in [4.69, 9.17) is 10.2 Å². The third-order valence-corrected chi connectivity index (χ3v) is 2.93. The number of rotatable bonds is 3. The first kappa shape index (κ1) is 12.8. The van der Waals surface area contributed by atoms with Crippen LogP contribution < -0.4 is 5.73 Å². The van der Waals surface area contributed by atoms with Crippen molar-refractivity contribution in [2.45, 2.75) is 26.3 Å². The predicted octanol–water partition coefficient (Wildman–Crippen LogP) is 3.42. The molecule has 0 radical (unpaired) electrons. The normalized spacial score (nSPS) is 12.7. The Morgan fingerprint density at radius 3 is 2.56 bits per heavy atom. The molecule has 2 N–H and O–H groups in total. The van der Waals surface area contributed by atoms with Crippen LogP contribution in [0.4, 0.5) is 8.78 Å². The molecule has 2 aromatic rings. The lowest BCUT2D eigenvalue weighted by atomic mass is 9.99. The van der Waals surface area contributed by atoms with Crippen LogP contribution in [0.2, 0.25) is 0 Å². The molecule has 2 nitrogen and oxygen atoms in total. The minimum absolute atomic E-state index is 0.239. The van der Waals surface area contributed by atoms with E-state index in [1.807, 2.05) is 19.9 Å². The van der Waals surface area contributed by atoms with Crippen molar-refractivity contribution >= 4 is 0 Å². The van der Waals surface area contributed by atoms with Crippen LogP contribution in [0.5, 0.6) is 0 Å². The fraction of sp³-hybridized carbons (Fsp3) is 0.286. The van der Waals surface area contributed by atoms with Crippen LogP contribution in [-0.2, 0) is 6.42 Å². The molecule has 4 heteroatoms. The molecule has 0 aliphatic heterocycles. The fourth-order valence-electron chi connectivity index (χ4n) is 2.07. The molecule has 96 valence electrons. The number of benzene rings is 1. The van der Waals surface area contributed by atoms with Gasteiger partial charge in [0, 0.05) is 11.6 Å². The summed E-state index contributed by atoms with van der Waals surface area (Å²) in [6.45, 7) is 3.64. The van der Waals surface area contributed by atoms with E-state index in [1.54, 1.807) is 0 Å². The highest BCUT2D eigenvalue weighted by atomic mass is 19.1. The number of halogens is 2. The Kier molecular flexibility index (Phi) is 3.48. The van der Waals surface area contributed by atoms with Gasteiger partial charge in [-0.15, -0.1) is 0 Å². The van der Waals surface area contributed by atoms with Crippen molar-refractivity contribution in [2.24, 2.45) is 5.73 Å². The van der Waals surface area contributed by atoms with E-state index >= 15 is 0 Å². The zero-order valence-corrected chi connectivity index (χ0v) is 10.3. The van der Waals surface area contributed by atoms with Crippen molar-refractivity contribution in [2.75, 3.05) is 0 Å². The van der Waals surface area contributed by atoms with E-state index in [1.165, 1.54) is 6.07 Å². The molecular formula is C14H15F2NO. The van der Waals surface area contributed by atoms with E-state index in [9.17, 15) is 8.78 Å². The second kappa shape index (κ2) is 4.90. The number of furan rings is 1. The average Bonchev–Trinajstić information content (AvgIpc) is 2.63. The molecule has 0 saturated carbocycles. The van der Waals surface area contributed by atoms with Gasteiger partial charge in [0.2, 0.25) is 0 Å². The average molecular weight is 251 g/mol. The maximum Gasteiger partial charge on any atom is 0.126 e. The first-order chi connectivity index (χ1) is 8.47. The van der Waals surface area contributed by atoms with Crippen LogP contribution in [-0.4, -0.2) is 0 Å². The van der Waals surface area contributed by atoms with Crippen LogP contribution in [0.15, 0.2) is 28.7 Å². The lowest BCUT2D eigenvalue weighted by Gasteiger charge is -2.11. The third-order valence-electron chi connectivity index (χ3n) is 2.93. The molecule has 0 aliphatic carbocycles. The van der Waals surface area contributed by atoms with E-state index in [2.05, 4.69) is 0 Å². The van der Waals surface area contributed by atoms with Crippen molar-refractivity contribution in [1.82, 2.24) is 0 Å². The van der Waals surface area contributed by atoms with E-state index < -0.39 is 17.7 Å². The van der Waals surface area contributed by atoms with Gasteiger partial charge in [-0.1, -0.05) is 0 Å². The van der Waals surface area contributed by atoms with Crippen molar-refractivity contribution in [3.8, 4) is 0 Å². The monoisotopic (exact) mass is 251 g/mol. The summed E-state index contributed by atoms with van der Waals surface area (Å²) >= 11 is 0. The Morgan fingerprint density at radius 1 is 1.22 bits per heavy atom. The molecule has 0 saturated heterocycles. The maximum atomic E-state index is 13.5. The summed E-state index contributed by atoms with van der Waals surface area (Å²) in [5.74, 6) is 0.581. The molecule has 1 atom stereocenters. The highest BCUT2D eigenvalue weighted by Crippen LogP contribution is 2.24. The second-order valence-corrected chi connectivity index (χ2v) is 4.41. The molecule has 0 amide bonds. The summed E-state index contributed by atoms with van der Waals surface area (Å²) in [7, 11) is 0. The van der Waals surface area contributed by atoms with Gasteiger partial charge in [0.1, 0.15) is 23.2 Å². The maximum absolute atomic E-state index is 13.5. The van der Waals surface area contributed by atoms with Crippen LogP contribution in [0.25, 0.3) is 0 Å². The molecule has 1 aromatic heterocycles. The van der Waals surface area contributed by atoms with E-state index in [-0.39, 0.29) is 12.0 Å². The van der Waals surface area contributed by atoms with Gasteiger partial charge in [-0.3, -0.25) is 0 Å². The first-order valence-electron chi connectivity index (χ1n) is 5.74. The highest BCUT2D eigenvalue weighted by Gasteiger charge is 2.16. The van der Waals surface area contributed by atoms with Gasteiger partial charge in [-0.2, -0.15) is 0 Å².